The Hall–Kier alpha value is -1.30. The van der Waals surface area contributed by atoms with Gasteiger partial charge in [0.15, 0.2) is 5.13 Å². The summed E-state index contributed by atoms with van der Waals surface area (Å²) in [4.78, 5) is 21.5. The third kappa shape index (κ3) is 3.23. The summed E-state index contributed by atoms with van der Waals surface area (Å²) in [5.74, 6) is 0.386. The molecule has 0 aromatic carbocycles. The number of thiazole rings is 1. The molecule has 2 N–H and O–H groups in total. The van der Waals surface area contributed by atoms with E-state index in [1.807, 2.05) is 13.8 Å². The molecule has 1 aliphatic rings. The van der Waals surface area contributed by atoms with Crippen LogP contribution >= 0.6 is 11.3 Å². The topological polar surface area (TPSA) is 62.5 Å². The van der Waals surface area contributed by atoms with Crippen molar-refractivity contribution in [1.29, 1.82) is 0 Å². The van der Waals surface area contributed by atoms with Crippen LogP contribution in [0.3, 0.4) is 0 Å². The van der Waals surface area contributed by atoms with E-state index in [1.165, 1.54) is 37.0 Å². The summed E-state index contributed by atoms with van der Waals surface area (Å²) in [5, 5.41) is 0.903. The summed E-state index contributed by atoms with van der Waals surface area (Å²) in [7, 11) is 0. The third-order valence-electron chi connectivity index (χ3n) is 3.76. The van der Waals surface area contributed by atoms with Gasteiger partial charge in [0.2, 0.25) is 0 Å². The molecule has 0 atom stereocenters. The number of amides is 1. The molecule has 0 unspecified atom stereocenters. The molecule has 112 valence electrons. The van der Waals surface area contributed by atoms with Crippen molar-refractivity contribution in [2.75, 3.05) is 36.8 Å². The van der Waals surface area contributed by atoms with E-state index < -0.39 is 0 Å². The number of carbonyl (C=O) groups excluding carboxylic acids is 1. The van der Waals surface area contributed by atoms with Crippen molar-refractivity contribution in [2.24, 2.45) is 0 Å². The highest BCUT2D eigenvalue weighted by Gasteiger charge is 2.22. The minimum atomic E-state index is 0.00562. The van der Waals surface area contributed by atoms with Crippen LogP contribution in [-0.2, 0) is 0 Å². The molecule has 5 nitrogen and oxygen atoms in total. The van der Waals surface area contributed by atoms with Crippen LogP contribution in [0.15, 0.2) is 0 Å². The lowest BCUT2D eigenvalue weighted by atomic mass is 10.2. The van der Waals surface area contributed by atoms with E-state index in [1.54, 1.807) is 4.90 Å². The van der Waals surface area contributed by atoms with Gasteiger partial charge in [-0.05, 0) is 26.7 Å². The molecule has 20 heavy (non-hydrogen) atoms. The van der Waals surface area contributed by atoms with E-state index >= 15 is 0 Å². The average Bonchev–Trinajstić information content (AvgIpc) is 2.67. The Morgan fingerprint density at radius 3 is 2.40 bits per heavy atom. The summed E-state index contributed by atoms with van der Waals surface area (Å²) in [6.45, 7) is 7.40. The molecule has 1 aromatic rings. The second-order valence-electron chi connectivity index (χ2n) is 5.09. The minimum Gasteiger partial charge on any atom is -0.382 e. The fourth-order valence-electron chi connectivity index (χ4n) is 2.53. The number of aromatic nitrogens is 1. The summed E-state index contributed by atoms with van der Waals surface area (Å²) in [6.07, 6.45) is 4.95. The molecule has 0 spiro atoms. The first kappa shape index (κ1) is 15.1. The van der Waals surface area contributed by atoms with Crippen LogP contribution in [0.4, 0.5) is 10.9 Å². The van der Waals surface area contributed by atoms with E-state index in [-0.39, 0.29) is 5.91 Å². The van der Waals surface area contributed by atoms with E-state index in [2.05, 4.69) is 9.88 Å². The lowest BCUT2D eigenvalue weighted by molar-refractivity contribution is 0.0778. The molecule has 1 aliphatic heterocycles. The lowest BCUT2D eigenvalue weighted by Gasteiger charge is -2.19. The van der Waals surface area contributed by atoms with E-state index in [9.17, 15) is 4.79 Å². The largest absolute Gasteiger partial charge is 0.382 e. The maximum absolute atomic E-state index is 12.4. The summed E-state index contributed by atoms with van der Waals surface area (Å²) in [6, 6.07) is 0. The number of nitrogens with zero attached hydrogens (tertiary/aromatic N) is 3. The standard InChI is InChI=1S/C14H24N4OS/c1-3-17(4-2)13(19)11-12(15)16-14(20-11)18-9-7-5-6-8-10-18/h3-10,15H2,1-2H3. The van der Waals surface area contributed by atoms with Gasteiger partial charge in [0, 0.05) is 26.2 Å². The number of rotatable bonds is 4. The molecular weight excluding hydrogens is 272 g/mol. The second-order valence-corrected chi connectivity index (χ2v) is 6.07. The van der Waals surface area contributed by atoms with Crippen LogP contribution < -0.4 is 10.6 Å². The number of carbonyl (C=O) groups is 1. The van der Waals surface area contributed by atoms with Gasteiger partial charge in [-0.2, -0.15) is 0 Å². The first-order valence-corrected chi connectivity index (χ1v) is 8.29. The Morgan fingerprint density at radius 1 is 1.25 bits per heavy atom. The van der Waals surface area contributed by atoms with Gasteiger partial charge in [0.05, 0.1) is 0 Å². The highest BCUT2D eigenvalue weighted by atomic mass is 32.1. The molecular formula is C14H24N4OS. The van der Waals surface area contributed by atoms with Gasteiger partial charge in [-0.25, -0.2) is 4.98 Å². The van der Waals surface area contributed by atoms with Crippen LogP contribution in [0, 0.1) is 0 Å². The third-order valence-corrected chi connectivity index (χ3v) is 4.88. The number of hydrogen-bond acceptors (Lipinski definition) is 5. The van der Waals surface area contributed by atoms with Gasteiger partial charge < -0.3 is 15.5 Å². The maximum Gasteiger partial charge on any atom is 0.267 e. The molecule has 1 aromatic heterocycles. The molecule has 1 saturated heterocycles. The van der Waals surface area contributed by atoms with E-state index in [0.717, 1.165) is 18.2 Å². The zero-order valence-corrected chi connectivity index (χ0v) is 13.2. The number of anilines is 2. The predicted octanol–water partition coefficient (Wildman–Crippen LogP) is 2.59. The average molecular weight is 296 g/mol. The Labute approximate surface area is 124 Å². The first-order valence-electron chi connectivity index (χ1n) is 7.47. The molecule has 0 aliphatic carbocycles. The minimum absolute atomic E-state index is 0.00562. The van der Waals surface area contributed by atoms with E-state index in [4.69, 9.17) is 5.73 Å². The monoisotopic (exact) mass is 296 g/mol. The van der Waals surface area contributed by atoms with Crippen molar-refractivity contribution in [1.82, 2.24) is 9.88 Å². The van der Waals surface area contributed by atoms with Crippen molar-refractivity contribution in [3.63, 3.8) is 0 Å². The predicted molar refractivity (Wildman–Crippen MR) is 84.5 cm³/mol. The number of hydrogen-bond donors (Lipinski definition) is 1. The van der Waals surface area contributed by atoms with Gasteiger partial charge in [-0.15, -0.1) is 0 Å². The van der Waals surface area contributed by atoms with Crippen molar-refractivity contribution in [2.45, 2.75) is 39.5 Å². The van der Waals surface area contributed by atoms with E-state index in [0.29, 0.717) is 23.8 Å². The molecule has 6 heteroatoms. The van der Waals surface area contributed by atoms with Crippen molar-refractivity contribution in [3.8, 4) is 0 Å². The zero-order chi connectivity index (χ0) is 14.5. The SMILES string of the molecule is CCN(CC)C(=O)c1sc(N2CCCCCC2)nc1N. The molecule has 0 saturated carbocycles. The van der Waals surface area contributed by atoms with Gasteiger partial charge in [-0.3, -0.25) is 4.79 Å². The number of nitrogen functional groups attached to an aromatic ring is 1. The summed E-state index contributed by atoms with van der Waals surface area (Å²) >= 11 is 1.44. The molecule has 1 fully saturated rings. The molecule has 0 bridgehead atoms. The fraction of sp³-hybridized carbons (Fsp3) is 0.714. The molecule has 2 heterocycles. The van der Waals surface area contributed by atoms with Gasteiger partial charge in [0.1, 0.15) is 10.7 Å². The highest BCUT2D eigenvalue weighted by Crippen LogP contribution is 2.30. The van der Waals surface area contributed by atoms with Gasteiger partial charge >= 0.3 is 0 Å². The maximum atomic E-state index is 12.4. The molecule has 2 rings (SSSR count). The normalized spacial score (nSPS) is 16.0. The van der Waals surface area contributed by atoms with Crippen LogP contribution in [0.2, 0.25) is 0 Å². The van der Waals surface area contributed by atoms with Crippen LogP contribution in [0.25, 0.3) is 0 Å². The Morgan fingerprint density at radius 2 is 1.85 bits per heavy atom. The summed E-state index contributed by atoms with van der Waals surface area (Å²) < 4.78 is 0. The number of nitrogens with two attached hydrogens (primary N) is 1. The first-order chi connectivity index (χ1) is 9.67. The molecule has 0 radical (unpaired) electrons. The van der Waals surface area contributed by atoms with Crippen LogP contribution in [-0.4, -0.2) is 42.0 Å². The molecule has 1 amide bonds. The smallest absolute Gasteiger partial charge is 0.267 e. The quantitative estimate of drug-likeness (QED) is 0.927. The summed E-state index contributed by atoms with van der Waals surface area (Å²) in [5.41, 5.74) is 5.96. The highest BCUT2D eigenvalue weighted by molar-refractivity contribution is 7.18. The van der Waals surface area contributed by atoms with Crippen LogP contribution in [0.5, 0.6) is 0 Å². The van der Waals surface area contributed by atoms with Crippen molar-refractivity contribution in [3.05, 3.63) is 4.88 Å². The lowest BCUT2D eigenvalue weighted by Crippen LogP contribution is -2.30. The van der Waals surface area contributed by atoms with Gasteiger partial charge in [-0.1, -0.05) is 24.2 Å². The van der Waals surface area contributed by atoms with Crippen molar-refractivity contribution >= 4 is 28.2 Å². The van der Waals surface area contributed by atoms with Crippen molar-refractivity contribution < 1.29 is 4.79 Å². The zero-order valence-electron chi connectivity index (χ0n) is 12.4. The fourth-order valence-corrected chi connectivity index (χ4v) is 3.53. The second kappa shape index (κ2) is 6.92. The van der Waals surface area contributed by atoms with Crippen LogP contribution in [0.1, 0.15) is 49.2 Å². The Balaban J connectivity index is 2.18. The Bertz CT molecular complexity index is 448. The Kier molecular flexibility index (Phi) is 5.23. The van der Waals surface area contributed by atoms with Gasteiger partial charge in [0.25, 0.3) is 5.91 Å².